The number of nitriles is 1. The molecule has 0 aliphatic rings. The number of carbonyl (C=O) groups excluding carboxylic acids is 2. The molecule has 0 bridgehead atoms. The molecule has 7 heteroatoms. The first-order valence-corrected chi connectivity index (χ1v) is 8.90. The quantitative estimate of drug-likeness (QED) is 0.675. The first-order chi connectivity index (χ1) is 13.2. The second kappa shape index (κ2) is 8.65. The molecule has 1 aromatic heterocycles. The summed E-state index contributed by atoms with van der Waals surface area (Å²) in [5.41, 5.74) is 1.69. The molecular weight excluding hydrogens is 362 g/mol. The van der Waals surface area contributed by atoms with Crippen molar-refractivity contribution in [2.45, 2.75) is 0 Å². The van der Waals surface area contributed by atoms with Crippen molar-refractivity contribution in [3.63, 3.8) is 0 Å². The monoisotopic (exact) mass is 377 g/mol. The number of anilines is 2. The van der Waals surface area contributed by atoms with Crippen LogP contribution in [0.25, 0.3) is 0 Å². The zero-order chi connectivity index (χ0) is 19.1. The number of amides is 2. The molecule has 1 heterocycles. The Kier molecular flexibility index (Phi) is 5.82. The number of hydrogen-bond acceptors (Lipinski definition) is 5. The van der Waals surface area contributed by atoms with E-state index in [-0.39, 0.29) is 18.4 Å². The Morgan fingerprint density at radius 2 is 1.56 bits per heavy atom. The van der Waals surface area contributed by atoms with Crippen molar-refractivity contribution in [3.05, 3.63) is 76.5 Å². The van der Waals surface area contributed by atoms with Crippen molar-refractivity contribution in [2.75, 3.05) is 17.2 Å². The van der Waals surface area contributed by atoms with E-state index in [4.69, 9.17) is 10.00 Å². The molecule has 2 aromatic carbocycles. The van der Waals surface area contributed by atoms with Crippen molar-refractivity contribution in [3.8, 4) is 11.8 Å². The largest absolute Gasteiger partial charge is 0.479 e. The minimum absolute atomic E-state index is 0.0267. The van der Waals surface area contributed by atoms with E-state index in [1.54, 1.807) is 54.6 Å². The van der Waals surface area contributed by atoms with Crippen molar-refractivity contribution < 1.29 is 14.3 Å². The van der Waals surface area contributed by atoms with E-state index in [1.807, 2.05) is 17.5 Å². The molecule has 134 valence electrons. The third kappa shape index (κ3) is 4.93. The number of ether oxygens (including phenoxy) is 1. The molecule has 0 unspecified atom stereocenters. The van der Waals surface area contributed by atoms with E-state index in [0.717, 1.165) is 0 Å². The van der Waals surface area contributed by atoms with Crippen molar-refractivity contribution >= 4 is 34.5 Å². The Labute approximate surface area is 160 Å². The molecule has 0 saturated carbocycles. The molecule has 3 rings (SSSR count). The molecule has 0 saturated heterocycles. The summed E-state index contributed by atoms with van der Waals surface area (Å²) in [5.74, 6) is 0.109. The Bertz CT molecular complexity index is 959. The zero-order valence-electron chi connectivity index (χ0n) is 14.1. The van der Waals surface area contributed by atoms with Crippen LogP contribution in [0.15, 0.2) is 66.0 Å². The van der Waals surface area contributed by atoms with Crippen LogP contribution in [0.3, 0.4) is 0 Å². The van der Waals surface area contributed by atoms with Gasteiger partial charge >= 0.3 is 0 Å². The summed E-state index contributed by atoms with van der Waals surface area (Å²) < 4.78 is 5.16. The molecule has 2 amide bonds. The number of benzene rings is 2. The molecular formula is C20H15N3O3S. The van der Waals surface area contributed by atoms with E-state index >= 15 is 0 Å². The lowest BCUT2D eigenvalue weighted by Gasteiger charge is -2.08. The van der Waals surface area contributed by atoms with Crippen LogP contribution >= 0.6 is 11.3 Å². The maximum Gasteiger partial charge on any atom is 0.265 e. The van der Waals surface area contributed by atoms with Crippen LogP contribution in [0.5, 0.6) is 5.75 Å². The third-order valence-electron chi connectivity index (χ3n) is 3.57. The fourth-order valence-electron chi connectivity index (χ4n) is 2.26. The van der Waals surface area contributed by atoms with Crippen LogP contribution in [0.1, 0.15) is 20.0 Å². The Hall–Kier alpha value is -3.63. The van der Waals surface area contributed by atoms with Crippen molar-refractivity contribution in [1.82, 2.24) is 0 Å². The fourth-order valence-corrected chi connectivity index (χ4v) is 2.88. The molecule has 0 radical (unpaired) electrons. The summed E-state index contributed by atoms with van der Waals surface area (Å²) >= 11 is 1.36. The second-order valence-corrected chi connectivity index (χ2v) is 6.38. The third-order valence-corrected chi connectivity index (χ3v) is 4.43. The molecule has 0 aliphatic carbocycles. The van der Waals surface area contributed by atoms with Gasteiger partial charge in [-0.3, -0.25) is 9.59 Å². The van der Waals surface area contributed by atoms with Gasteiger partial charge in [0.2, 0.25) is 0 Å². The summed E-state index contributed by atoms with van der Waals surface area (Å²) in [6.45, 7) is -0.0267. The van der Waals surface area contributed by atoms with E-state index in [9.17, 15) is 9.59 Å². The standard InChI is InChI=1S/C20H15N3O3S/c21-11-12-26-17-9-7-16(8-10-17)22-19(24)14-3-5-15(6-4-14)23-20(25)18-2-1-13-27-18/h1-10,13H,12H2,(H,22,24)(H,23,25). The number of nitrogens with zero attached hydrogens (tertiary/aromatic N) is 1. The average Bonchev–Trinajstić information content (AvgIpc) is 3.23. The van der Waals surface area contributed by atoms with Gasteiger partial charge in [0.15, 0.2) is 6.61 Å². The lowest BCUT2D eigenvalue weighted by molar-refractivity contribution is 0.102. The van der Waals surface area contributed by atoms with Crippen molar-refractivity contribution in [2.24, 2.45) is 0 Å². The van der Waals surface area contributed by atoms with Gasteiger partial charge in [0.05, 0.1) is 4.88 Å². The van der Waals surface area contributed by atoms with E-state index in [2.05, 4.69) is 10.6 Å². The van der Waals surface area contributed by atoms with Gasteiger partial charge in [-0.2, -0.15) is 5.26 Å². The summed E-state index contributed by atoms with van der Waals surface area (Å²) in [5, 5.41) is 15.9. The minimum Gasteiger partial charge on any atom is -0.479 e. The van der Waals surface area contributed by atoms with Crippen LogP contribution in [-0.4, -0.2) is 18.4 Å². The number of rotatable bonds is 6. The molecule has 0 fully saturated rings. The van der Waals surface area contributed by atoms with Crippen molar-refractivity contribution in [1.29, 1.82) is 5.26 Å². The average molecular weight is 377 g/mol. The van der Waals surface area contributed by atoms with Crippen LogP contribution in [0.2, 0.25) is 0 Å². The van der Waals surface area contributed by atoms with Gasteiger partial charge in [-0.1, -0.05) is 6.07 Å². The topological polar surface area (TPSA) is 91.2 Å². The summed E-state index contributed by atoms with van der Waals surface area (Å²) in [7, 11) is 0. The SMILES string of the molecule is N#CCOc1ccc(NC(=O)c2ccc(NC(=O)c3cccs3)cc2)cc1. The lowest BCUT2D eigenvalue weighted by Crippen LogP contribution is -2.13. The summed E-state index contributed by atoms with van der Waals surface area (Å²) in [6.07, 6.45) is 0. The van der Waals surface area contributed by atoms with Gasteiger partial charge in [-0.05, 0) is 60.0 Å². The molecule has 2 N–H and O–H groups in total. The maximum absolute atomic E-state index is 12.3. The highest BCUT2D eigenvalue weighted by Crippen LogP contribution is 2.18. The second-order valence-electron chi connectivity index (χ2n) is 5.43. The van der Waals surface area contributed by atoms with Gasteiger partial charge in [-0.15, -0.1) is 11.3 Å². The number of thiophene rings is 1. The fraction of sp³-hybridized carbons (Fsp3) is 0.0500. The zero-order valence-corrected chi connectivity index (χ0v) is 15.0. The van der Waals surface area contributed by atoms with Crippen LogP contribution in [0, 0.1) is 11.3 Å². The van der Waals surface area contributed by atoms with Crippen LogP contribution < -0.4 is 15.4 Å². The molecule has 6 nitrogen and oxygen atoms in total. The number of hydrogen-bond donors (Lipinski definition) is 2. The van der Waals surface area contributed by atoms with E-state index < -0.39 is 0 Å². The summed E-state index contributed by atoms with van der Waals surface area (Å²) in [6, 6.07) is 18.8. The van der Waals surface area contributed by atoms with E-state index in [1.165, 1.54) is 11.3 Å². The van der Waals surface area contributed by atoms with Crippen LogP contribution in [-0.2, 0) is 0 Å². The first-order valence-electron chi connectivity index (χ1n) is 8.02. The lowest BCUT2D eigenvalue weighted by atomic mass is 10.2. The molecule has 0 spiro atoms. The first kappa shape index (κ1) is 18.2. The smallest absolute Gasteiger partial charge is 0.265 e. The molecule has 0 aliphatic heterocycles. The Morgan fingerprint density at radius 3 is 2.15 bits per heavy atom. The van der Waals surface area contributed by atoms with Gasteiger partial charge in [0.25, 0.3) is 11.8 Å². The molecule has 27 heavy (non-hydrogen) atoms. The highest BCUT2D eigenvalue weighted by molar-refractivity contribution is 7.12. The van der Waals surface area contributed by atoms with Crippen LogP contribution in [0.4, 0.5) is 11.4 Å². The predicted octanol–water partition coefficient (Wildman–Crippen LogP) is 4.16. The van der Waals surface area contributed by atoms with Gasteiger partial charge < -0.3 is 15.4 Å². The highest BCUT2D eigenvalue weighted by atomic mass is 32.1. The van der Waals surface area contributed by atoms with Gasteiger partial charge in [0, 0.05) is 16.9 Å². The summed E-state index contributed by atoms with van der Waals surface area (Å²) in [4.78, 5) is 25.0. The highest BCUT2D eigenvalue weighted by Gasteiger charge is 2.09. The predicted molar refractivity (Wildman–Crippen MR) is 104 cm³/mol. The number of carbonyl (C=O) groups is 2. The normalized spacial score (nSPS) is 9.89. The van der Waals surface area contributed by atoms with Gasteiger partial charge in [0.1, 0.15) is 11.8 Å². The molecule has 3 aromatic rings. The Balaban J connectivity index is 1.59. The number of nitrogens with one attached hydrogen (secondary N) is 2. The minimum atomic E-state index is -0.267. The van der Waals surface area contributed by atoms with E-state index in [0.29, 0.717) is 27.6 Å². The van der Waals surface area contributed by atoms with Gasteiger partial charge in [-0.25, -0.2) is 0 Å². The molecule has 0 atom stereocenters. The Morgan fingerprint density at radius 1 is 0.926 bits per heavy atom. The maximum atomic E-state index is 12.3.